The number of fused-ring (bicyclic) bond motifs is 3. The maximum atomic E-state index is 17.4. The Kier molecular flexibility index (Phi) is 9.24. The van der Waals surface area contributed by atoms with E-state index in [9.17, 15) is 14.4 Å². The number of carbonyl (C=O) groups excluding carboxylic acids is 1. The molecular weight excluding hydrogens is 804 g/mol. The number of halogens is 5. The van der Waals surface area contributed by atoms with Gasteiger partial charge >= 0.3 is 12.0 Å². The first-order chi connectivity index (χ1) is 27.2. The number of nitrogens with zero attached hydrogens (tertiary/aromatic N) is 9. The molecule has 4 saturated heterocycles. The molecule has 19 heteroatoms. The second kappa shape index (κ2) is 13.8. The molecule has 5 atom stereocenters. The van der Waals surface area contributed by atoms with E-state index in [0.29, 0.717) is 18.8 Å². The van der Waals surface area contributed by atoms with Gasteiger partial charge in [0.15, 0.2) is 5.82 Å². The molecule has 0 aliphatic carbocycles. The lowest BCUT2D eigenvalue weighted by atomic mass is 9.75. The topological polar surface area (TPSA) is 152 Å². The minimum atomic E-state index is -0.990. The van der Waals surface area contributed by atoms with Crippen LogP contribution in [0.1, 0.15) is 45.6 Å². The number of morpholine rings is 1. The van der Waals surface area contributed by atoms with Gasteiger partial charge in [-0.2, -0.15) is 19.9 Å². The third-order valence-corrected chi connectivity index (χ3v) is 13.5. The van der Waals surface area contributed by atoms with Crippen LogP contribution in [0.3, 0.4) is 0 Å². The van der Waals surface area contributed by atoms with Crippen molar-refractivity contribution in [2.75, 3.05) is 50.0 Å². The van der Waals surface area contributed by atoms with E-state index in [2.05, 4.69) is 20.0 Å². The van der Waals surface area contributed by atoms with Crippen molar-refractivity contribution in [3.8, 4) is 23.2 Å². The van der Waals surface area contributed by atoms with Crippen molar-refractivity contribution >= 4 is 72.4 Å². The van der Waals surface area contributed by atoms with Crippen LogP contribution in [0.25, 0.3) is 32.1 Å². The zero-order valence-corrected chi connectivity index (χ0v) is 33.4. The van der Waals surface area contributed by atoms with Gasteiger partial charge in [0, 0.05) is 29.3 Å². The minimum Gasteiger partial charge on any atom is -0.461 e. The predicted octanol–water partition coefficient (Wildman–Crippen LogP) is 7.07. The molecule has 3 aromatic heterocycles. The van der Waals surface area contributed by atoms with Crippen molar-refractivity contribution in [1.82, 2.24) is 34.5 Å². The fraction of sp³-hybridized carbons (Fsp3) is 0.474. The first kappa shape index (κ1) is 38.1. The summed E-state index contributed by atoms with van der Waals surface area (Å²) in [6.07, 6.45) is 2.22. The molecule has 0 saturated carbocycles. The Morgan fingerprint density at radius 2 is 2.05 bits per heavy atom. The summed E-state index contributed by atoms with van der Waals surface area (Å²) in [6, 6.07) is 4.96. The second-order valence-electron chi connectivity index (χ2n) is 15.8. The van der Waals surface area contributed by atoms with Gasteiger partial charge in [-0.25, -0.2) is 22.9 Å². The summed E-state index contributed by atoms with van der Waals surface area (Å²) in [7, 11) is 0. The van der Waals surface area contributed by atoms with Crippen molar-refractivity contribution in [3.05, 3.63) is 52.0 Å². The number of anilines is 2. The van der Waals surface area contributed by atoms with E-state index in [4.69, 9.17) is 43.4 Å². The smallest absolute Gasteiger partial charge is 0.346 e. The molecule has 4 aliphatic heterocycles. The van der Waals surface area contributed by atoms with E-state index >= 15 is 8.78 Å². The SMILES string of the molecule is CC(C)[C@H]1N(C(=O)n2cnc(Cl)n2)C[C@]12CN(c1nc(OC[C@@]34CCCN3C[C@H](F)C4)nc3c(F)c(-c4ccc(F)c5sc(N)c(C#N)c45)c(Cl)cc13)[C@H](C)CO2. The van der Waals surface area contributed by atoms with Crippen LogP contribution in [0.4, 0.5) is 28.8 Å². The predicted molar refractivity (Wildman–Crippen MR) is 210 cm³/mol. The fourth-order valence-corrected chi connectivity index (χ4v) is 10.9. The van der Waals surface area contributed by atoms with Gasteiger partial charge < -0.3 is 25.0 Å². The van der Waals surface area contributed by atoms with Crippen LogP contribution in [0, 0.1) is 28.9 Å². The van der Waals surface area contributed by atoms with Crippen molar-refractivity contribution in [2.45, 2.75) is 69.4 Å². The number of ether oxygens (including phenoxy) is 2. The lowest BCUT2D eigenvalue weighted by molar-refractivity contribution is -0.192. The van der Waals surface area contributed by atoms with Crippen LogP contribution < -0.4 is 15.4 Å². The zero-order valence-electron chi connectivity index (χ0n) is 31.1. The molecule has 7 heterocycles. The quantitative estimate of drug-likeness (QED) is 0.187. The molecule has 298 valence electrons. The number of thiophene rings is 1. The average Bonchev–Trinajstić information content (AvgIpc) is 3.92. The molecule has 2 N–H and O–H groups in total. The summed E-state index contributed by atoms with van der Waals surface area (Å²) >= 11 is 13.8. The largest absolute Gasteiger partial charge is 0.461 e. The monoisotopic (exact) mass is 840 g/mol. The third-order valence-electron chi connectivity index (χ3n) is 12.0. The number of rotatable bonds is 6. The van der Waals surface area contributed by atoms with Crippen LogP contribution in [0.15, 0.2) is 24.5 Å². The van der Waals surface area contributed by atoms with Gasteiger partial charge in [-0.05, 0) is 61.5 Å². The number of nitrogen functional groups attached to an aromatic ring is 1. The molecule has 2 aromatic carbocycles. The first-order valence-corrected chi connectivity index (χ1v) is 20.2. The highest BCUT2D eigenvalue weighted by molar-refractivity contribution is 7.23. The normalized spacial score (nSPS) is 26.1. The van der Waals surface area contributed by atoms with E-state index in [0.717, 1.165) is 35.4 Å². The molecule has 9 rings (SSSR count). The molecule has 1 amide bonds. The molecule has 0 radical (unpaired) electrons. The Morgan fingerprint density at radius 1 is 1.25 bits per heavy atom. The van der Waals surface area contributed by atoms with Gasteiger partial charge in [0.05, 0.1) is 52.6 Å². The average molecular weight is 842 g/mol. The van der Waals surface area contributed by atoms with E-state index in [-0.39, 0.29) is 97.3 Å². The number of nitriles is 1. The number of nitrogens with two attached hydrogens (primary N) is 1. The summed E-state index contributed by atoms with van der Waals surface area (Å²) in [6.45, 7) is 7.83. The summed E-state index contributed by atoms with van der Waals surface area (Å²) in [4.78, 5) is 32.8. The number of aromatic nitrogens is 5. The van der Waals surface area contributed by atoms with Gasteiger partial charge in [0.25, 0.3) is 0 Å². The van der Waals surface area contributed by atoms with Gasteiger partial charge in [-0.15, -0.1) is 16.4 Å². The first-order valence-electron chi connectivity index (χ1n) is 18.7. The summed E-state index contributed by atoms with van der Waals surface area (Å²) in [5.74, 6) is -1.17. The van der Waals surface area contributed by atoms with Gasteiger partial charge in [0.2, 0.25) is 5.28 Å². The van der Waals surface area contributed by atoms with Gasteiger partial charge in [0.1, 0.15) is 52.9 Å². The van der Waals surface area contributed by atoms with Crippen LogP contribution in [0.2, 0.25) is 10.3 Å². The Hall–Kier alpha value is -4.47. The molecule has 0 bridgehead atoms. The summed E-state index contributed by atoms with van der Waals surface area (Å²) < 4.78 is 61.4. The number of amides is 1. The fourth-order valence-electron chi connectivity index (χ4n) is 9.54. The molecule has 5 aromatic rings. The van der Waals surface area contributed by atoms with Crippen molar-refractivity contribution < 1.29 is 27.4 Å². The maximum absolute atomic E-state index is 17.4. The molecule has 4 fully saturated rings. The van der Waals surface area contributed by atoms with Crippen molar-refractivity contribution in [2.24, 2.45) is 5.92 Å². The van der Waals surface area contributed by atoms with Crippen molar-refractivity contribution in [1.29, 1.82) is 5.26 Å². The van der Waals surface area contributed by atoms with Crippen LogP contribution >= 0.6 is 34.5 Å². The standard InChI is InChI=1S/C38H37Cl2F3N10O3S/c1-18(2)31-38(15-52(31)36(54)53-17-46-34(40)49-53)14-51(19(3)13-56-38)33-22-9-24(39)27(21-5-6-25(42)30-26(21)23(11-44)32(45)57-30)28(43)29(22)47-35(48-33)55-16-37-7-4-8-50(37)12-20(41)10-37/h5-6,9,17-20,31H,4,7-8,10,12-16,45H2,1-3H3/t19-,20-,31-,37+,38-/m1/s1. The second-order valence-corrected chi connectivity index (χ2v) is 17.6. The molecule has 1 spiro atoms. The zero-order chi connectivity index (χ0) is 40.1. The number of carbonyl (C=O) groups is 1. The Labute approximate surface area is 339 Å². The van der Waals surface area contributed by atoms with Crippen LogP contribution in [-0.2, 0) is 4.74 Å². The summed E-state index contributed by atoms with van der Waals surface area (Å²) in [5.41, 5.74) is 4.71. The lowest BCUT2D eigenvalue weighted by Crippen LogP contribution is -2.79. The van der Waals surface area contributed by atoms with E-state index in [1.165, 1.54) is 18.5 Å². The minimum absolute atomic E-state index is 0.0163. The van der Waals surface area contributed by atoms with Gasteiger partial charge in [-0.1, -0.05) is 31.5 Å². The van der Waals surface area contributed by atoms with Crippen LogP contribution in [0.5, 0.6) is 6.01 Å². The number of likely N-dealkylation sites (tertiary alicyclic amines) is 1. The third kappa shape index (κ3) is 5.97. The number of benzene rings is 2. The number of hydrogen-bond donors (Lipinski definition) is 1. The molecule has 0 unspecified atom stereocenters. The van der Waals surface area contributed by atoms with E-state index < -0.39 is 41.0 Å². The highest BCUT2D eigenvalue weighted by Gasteiger charge is 2.60. The Morgan fingerprint density at radius 3 is 2.79 bits per heavy atom. The molecule has 4 aliphatic rings. The van der Waals surface area contributed by atoms with Crippen molar-refractivity contribution in [3.63, 3.8) is 0 Å². The van der Waals surface area contributed by atoms with E-state index in [1.54, 1.807) is 11.0 Å². The molecular formula is C38H37Cl2F3N10O3S. The molecule has 57 heavy (non-hydrogen) atoms. The van der Waals surface area contributed by atoms with E-state index in [1.807, 2.05) is 31.7 Å². The highest BCUT2D eigenvalue weighted by atomic mass is 35.5. The van der Waals surface area contributed by atoms with Crippen LogP contribution in [-0.4, -0.2) is 109 Å². The number of alkyl halides is 1. The molecule has 13 nitrogen and oxygen atoms in total. The highest BCUT2D eigenvalue weighted by Crippen LogP contribution is 2.48. The Bertz CT molecular complexity index is 2520. The number of hydrogen-bond acceptors (Lipinski definition) is 12. The van der Waals surface area contributed by atoms with Gasteiger partial charge in [-0.3, -0.25) is 4.90 Å². The maximum Gasteiger partial charge on any atom is 0.346 e. The summed E-state index contributed by atoms with van der Waals surface area (Å²) in [5, 5.41) is 14.4. The lowest BCUT2D eigenvalue weighted by Gasteiger charge is -2.62. The Balaban J connectivity index is 1.17.